The van der Waals surface area contributed by atoms with Gasteiger partial charge in [-0.05, 0) is 30.3 Å². The van der Waals surface area contributed by atoms with E-state index in [2.05, 4.69) is 0 Å². The van der Waals surface area contributed by atoms with Gasteiger partial charge in [-0.2, -0.15) is 0 Å². The van der Waals surface area contributed by atoms with Crippen molar-refractivity contribution in [1.82, 2.24) is 4.90 Å². The van der Waals surface area contributed by atoms with Gasteiger partial charge in [0.2, 0.25) is 0 Å². The Balaban J connectivity index is 1.72. The molecule has 8 heteroatoms. The third-order valence-electron chi connectivity index (χ3n) is 3.73. The number of amides is 1. The van der Waals surface area contributed by atoms with Crippen LogP contribution in [0.5, 0.6) is 17.2 Å². The minimum absolute atomic E-state index is 0.120. The molecule has 1 saturated heterocycles. The number of carbonyl (C=O) groups is 1. The normalized spacial score (nSPS) is 14.2. The summed E-state index contributed by atoms with van der Waals surface area (Å²) in [5, 5.41) is 1.34. The van der Waals surface area contributed by atoms with E-state index in [1.807, 2.05) is 0 Å². The molecule has 1 amide bonds. The second-order valence-electron chi connectivity index (χ2n) is 5.55. The first-order valence-corrected chi connectivity index (χ1v) is 9.07. The van der Waals surface area contributed by atoms with Crippen molar-refractivity contribution in [3.8, 4) is 17.2 Å². The van der Waals surface area contributed by atoms with Gasteiger partial charge in [-0.25, -0.2) is 0 Å². The summed E-state index contributed by atoms with van der Waals surface area (Å²) in [6, 6.07) is 9.81. The monoisotopic (exact) mass is 415 g/mol. The Hall–Kier alpha value is -1.66. The molecule has 2 aromatic carbocycles. The van der Waals surface area contributed by atoms with Gasteiger partial charge in [0.25, 0.3) is 5.91 Å². The highest BCUT2D eigenvalue weighted by Crippen LogP contribution is 2.37. The van der Waals surface area contributed by atoms with Crippen LogP contribution in [0.15, 0.2) is 36.4 Å². The Kier molecular flexibility index (Phi) is 6.48. The number of ether oxygens (including phenoxy) is 3. The molecule has 1 aliphatic heterocycles. The first-order chi connectivity index (χ1) is 12.5. The smallest absolute Gasteiger partial charge is 0.260 e. The van der Waals surface area contributed by atoms with E-state index in [1.165, 1.54) is 0 Å². The molecule has 0 N–H and O–H groups in total. The molecule has 138 valence electrons. The van der Waals surface area contributed by atoms with Gasteiger partial charge >= 0.3 is 0 Å². The van der Waals surface area contributed by atoms with Crippen LogP contribution in [0.2, 0.25) is 15.1 Å². The highest BCUT2D eigenvalue weighted by atomic mass is 35.5. The summed E-state index contributed by atoms with van der Waals surface area (Å²) in [7, 11) is 0. The van der Waals surface area contributed by atoms with Crippen molar-refractivity contribution in [2.24, 2.45) is 0 Å². The van der Waals surface area contributed by atoms with Gasteiger partial charge in [-0.1, -0.05) is 34.8 Å². The van der Waals surface area contributed by atoms with E-state index in [0.29, 0.717) is 58.6 Å². The predicted octanol–water partition coefficient (Wildman–Crippen LogP) is 4.68. The van der Waals surface area contributed by atoms with E-state index >= 15 is 0 Å². The van der Waals surface area contributed by atoms with Crippen LogP contribution in [0.25, 0.3) is 0 Å². The van der Waals surface area contributed by atoms with E-state index < -0.39 is 0 Å². The largest absolute Gasteiger partial charge is 0.480 e. The van der Waals surface area contributed by atoms with E-state index in [-0.39, 0.29) is 12.5 Å². The number of hydrogen-bond acceptors (Lipinski definition) is 4. The highest BCUT2D eigenvalue weighted by Gasteiger charge is 2.18. The molecule has 0 unspecified atom stereocenters. The average Bonchev–Trinajstić information content (AvgIpc) is 2.64. The van der Waals surface area contributed by atoms with E-state index in [4.69, 9.17) is 49.0 Å². The number of nitrogens with zero attached hydrogens (tertiary/aromatic N) is 1. The van der Waals surface area contributed by atoms with Gasteiger partial charge in [0.1, 0.15) is 5.75 Å². The van der Waals surface area contributed by atoms with Crippen molar-refractivity contribution in [3.05, 3.63) is 51.5 Å². The molecule has 5 nitrogen and oxygen atoms in total. The molecular formula is C18H16Cl3NO4. The first kappa shape index (κ1) is 19.1. The molecule has 0 saturated carbocycles. The zero-order valence-corrected chi connectivity index (χ0v) is 16.0. The summed E-state index contributed by atoms with van der Waals surface area (Å²) in [6.07, 6.45) is 0. The Morgan fingerprint density at radius 2 is 1.62 bits per heavy atom. The summed E-state index contributed by atoms with van der Waals surface area (Å²) < 4.78 is 16.7. The summed E-state index contributed by atoms with van der Waals surface area (Å²) >= 11 is 18.1. The van der Waals surface area contributed by atoms with E-state index in [9.17, 15) is 4.79 Å². The van der Waals surface area contributed by atoms with Gasteiger partial charge in [-0.3, -0.25) is 4.79 Å². The van der Waals surface area contributed by atoms with Gasteiger partial charge in [0, 0.05) is 29.2 Å². The lowest BCUT2D eigenvalue weighted by Gasteiger charge is -2.26. The molecule has 0 spiro atoms. The number of morpholine rings is 1. The van der Waals surface area contributed by atoms with Crippen LogP contribution in [-0.2, 0) is 9.53 Å². The standard InChI is InChI=1S/C18H16Cl3NO4/c19-12-1-3-15(14(21)9-12)26-16-4-2-13(20)10-17(16)25-11-18(23)22-5-7-24-8-6-22/h1-4,9-10H,5-8,11H2. The number of halogens is 3. The fourth-order valence-corrected chi connectivity index (χ4v) is 3.01. The SMILES string of the molecule is O=C(COc1cc(Cl)ccc1Oc1ccc(Cl)cc1Cl)N1CCOCC1. The van der Waals surface area contributed by atoms with Crippen molar-refractivity contribution in [2.75, 3.05) is 32.9 Å². The van der Waals surface area contributed by atoms with E-state index in [1.54, 1.807) is 41.3 Å². The van der Waals surface area contributed by atoms with Crippen LogP contribution in [0.1, 0.15) is 0 Å². The fraction of sp³-hybridized carbons (Fsp3) is 0.278. The minimum Gasteiger partial charge on any atom is -0.480 e. The van der Waals surface area contributed by atoms with Crippen LogP contribution in [-0.4, -0.2) is 43.7 Å². The molecular weight excluding hydrogens is 401 g/mol. The molecule has 0 aliphatic carbocycles. The maximum absolute atomic E-state index is 12.3. The first-order valence-electron chi connectivity index (χ1n) is 7.94. The van der Waals surface area contributed by atoms with Crippen LogP contribution < -0.4 is 9.47 Å². The third kappa shape index (κ3) is 4.95. The molecule has 26 heavy (non-hydrogen) atoms. The van der Waals surface area contributed by atoms with Crippen molar-refractivity contribution in [2.45, 2.75) is 0 Å². The average molecular weight is 417 g/mol. The van der Waals surface area contributed by atoms with Crippen LogP contribution in [0.3, 0.4) is 0 Å². The second-order valence-corrected chi connectivity index (χ2v) is 6.83. The zero-order valence-electron chi connectivity index (χ0n) is 13.7. The lowest BCUT2D eigenvalue weighted by molar-refractivity contribution is -0.137. The van der Waals surface area contributed by atoms with E-state index in [0.717, 1.165) is 0 Å². The topological polar surface area (TPSA) is 48.0 Å². The lowest BCUT2D eigenvalue weighted by atomic mass is 10.3. The molecule has 0 radical (unpaired) electrons. The van der Waals surface area contributed by atoms with Gasteiger partial charge in [0.05, 0.1) is 18.2 Å². The zero-order chi connectivity index (χ0) is 18.5. The number of benzene rings is 2. The number of hydrogen-bond donors (Lipinski definition) is 0. The Morgan fingerprint density at radius 1 is 0.962 bits per heavy atom. The highest BCUT2D eigenvalue weighted by molar-refractivity contribution is 6.35. The predicted molar refractivity (Wildman–Crippen MR) is 101 cm³/mol. The summed E-state index contributed by atoms with van der Waals surface area (Å²) in [4.78, 5) is 14.0. The third-order valence-corrected chi connectivity index (χ3v) is 4.50. The van der Waals surface area contributed by atoms with Crippen molar-refractivity contribution in [1.29, 1.82) is 0 Å². The molecule has 0 bridgehead atoms. The molecule has 3 rings (SSSR count). The van der Waals surface area contributed by atoms with Gasteiger partial charge in [0.15, 0.2) is 18.1 Å². The number of carbonyl (C=O) groups excluding carboxylic acids is 1. The van der Waals surface area contributed by atoms with Crippen molar-refractivity contribution >= 4 is 40.7 Å². The Labute approximate surface area is 166 Å². The van der Waals surface area contributed by atoms with Gasteiger partial charge in [-0.15, -0.1) is 0 Å². The Bertz CT molecular complexity index is 794. The molecule has 0 aromatic heterocycles. The summed E-state index contributed by atoms with van der Waals surface area (Å²) in [5.41, 5.74) is 0. The maximum atomic E-state index is 12.3. The lowest BCUT2D eigenvalue weighted by Crippen LogP contribution is -2.43. The van der Waals surface area contributed by atoms with Crippen LogP contribution in [0.4, 0.5) is 0 Å². The second kappa shape index (κ2) is 8.82. The summed E-state index contributed by atoms with van der Waals surface area (Å²) in [5.74, 6) is 1.05. The van der Waals surface area contributed by atoms with Crippen molar-refractivity contribution in [3.63, 3.8) is 0 Å². The molecule has 1 aliphatic rings. The summed E-state index contributed by atoms with van der Waals surface area (Å²) in [6.45, 7) is 2.06. The minimum atomic E-state index is -0.122. The molecule has 1 heterocycles. The quantitative estimate of drug-likeness (QED) is 0.710. The molecule has 0 atom stereocenters. The fourth-order valence-electron chi connectivity index (χ4n) is 2.40. The maximum Gasteiger partial charge on any atom is 0.260 e. The van der Waals surface area contributed by atoms with Gasteiger partial charge < -0.3 is 19.1 Å². The van der Waals surface area contributed by atoms with Crippen LogP contribution in [0, 0.1) is 0 Å². The van der Waals surface area contributed by atoms with Crippen LogP contribution >= 0.6 is 34.8 Å². The molecule has 1 fully saturated rings. The number of rotatable bonds is 5. The molecule has 2 aromatic rings. The van der Waals surface area contributed by atoms with Crippen molar-refractivity contribution < 1.29 is 19.0 Å². The Morgan fingerprint density at radius 3 is 2.31 bits per heavy atom.